The third-order valence-electron chi connectivity index (χ3n) is 5.37. The Morgan fingerprint density at radius 3 is 1.86 bits per heavy atom. The molecule has 6 nitrogen and oxygen atoms in total. The smallest absolute Gasteiger partial charge is 0.269 e. The number of amides is 2. The van der Waals surface area contributed by atoms with Crippen LogP contribution in [0.25, 0.3) is 0 Å². The summed E-state index contributed by atoms with van der Waals surface area (Å²) in [7, 11) is 0. The van der Waals surface area contributed by atoms with E-state index in [1.54, 1.807) is 23.9 Å². The van der Waals surface area contributed by atoms with Gasteiger partial charge in [-0.15, -0.1) is 0 Å². The summed E-state index contributed by atoms with van der Waals surface area (Å²) in [6.07, 6.45) is 0. The Kier molecular flexibility index (Phi) is 7.90. The van der Waals surface area contributed by atoms with E-state index in [0.717, 1.165) is 33.2 Å². The lowest BCUT2D eigenvalue weighted by molar-refractivity contribution is -0.122. The molecule has 35 heavy (non-hydrogen) atoms. The van der Waals surface area contributed by atoms with E-state index in [1.807, 2.05) is 92.7 Å². The lowest BCUT2D eigenvalue weighted by Crippen LogP contribution is -2.44. The molecule has 0 fully saturated rings. The van der Waals surface area contributed by atoms with Gasteiger partial charge in [0.25, 0.3) is 5.91 Å². The zero-order chi connectivity index (χ0) is 24.6. The van der Waals surface area contributed by atoms with Crippen LogP contribution < -0.4 is 10.9 Å². The number of carbonyl (C=O) groups is 2. The molecule has 0 aliphatic carbocycles. The molecule has 1 heterocycles. The molecular formula is C28H26N4O2S. The number of hydrogen-bond donors (Lipinski definition) is 2. The molecule has 0 saturated carbocycles. The number of benzene rings is 3. The van der Waals surface area contributed by atoms with Crippen molar-refractivity contribution in [1.29, 1.82) is 0 Å². The summed E-state index contributed by atoms with van der Waals surface area (Å²) >= 11 is 1.55. The van der Waals surface area contributed by atoms with Gasteiger partial charge in [0.05, 0.1) is 5.92 Å². The first-order valence-corrected chi connectivity index (χ1v) is 12.2. The Balaban J connectivity index is 1.37. The standard InChI is InChI=1S/C28H26N4O2S/c1-19-17-20(2)30-28(29-19)35-18-21-13-15-24(16-14-21)26(33)31-32-27(34)25(22-9-5-3-6-10-22)23-11-7-4-8-12-23/h3-17,25H,18H2,1-2H3,(H,31,33)(H,32,34). The zero-order valence-electron chi connectivity index (χ0n) is 19.6. The van der Waals surface area contributed by atoms with Crippen molar-refractivity contribution >= 4 is 23.6 Å². The number of hydrazine groups is 1. The lowest BCUT2D eigenvalue weighted by Gasteiger charge is -2.18. The van der Waals surface area contributed by atoms with Crippen LogP contribution in [0, 0.1) is 13.8 Å². The molecule has 0 spiro atoms. The number of nitrogens with one attached hydrogen (secondary N) is 2. The maximum atomic E-state index is 13.1. The van der Waals surface area contributed by atoms with E-state index in [1.165, 1.54) is 0 Å². The molecule has 0 unspecified atom stereocenters. The molecule has 0 aliphatic rings. The van der Waals surface area contributed by atoms with Gasteiger partial charge in [0.1, 0.15) is 0 Å². The number of aryl methyl sites for hydroxylation is 2. The van der Waals surface area contributed by atoms with Crippen LogP contribution in [0.5, 0.6) is 0 Å². The largest absolute Gasteiger partial charge is 0.272 e. The first-order valence-electron chi connectivity index (χ1n) is 11.2. The fraction of sp³-hybridized carbons (Fsp3) is 0.143. The van der Waals surface area contributed by atoms with Crippen LogP contribution in [0.3, 0.4) is 0 Å². The highest BCUT2D eigenvalue weighted by molar-refractivity contribution is 7.98. The molecule has 7 heteroatoms. The molecule has 2 N–H and O–H groups in total. The highest BCUT2D eigenvalue weighted by atomic mass is 32.2. The topological polar surface area (TPSA) is 84.0 Å². The Labute approximate surface area is 209 Å². The van der Waals surface area contributed by atoms with E-state index in [9.17, 15) is 9.59 Å². The maximum absolute atomic E-state index is 13.1. The maximum Gasteiger partial charge on any atom is 0.269 e. The van der Waals surface area contributed by atoms with E-state index in [-0.39, 0.29) is 11.8 Å². The monoisotopic (exact) mass is 482 g/mol. The Morgan fingerprint density at radius 1 is 0.771 bits per heavy atom. The lowest BCUT2D eigenvalue weighted by atomic mass is 9.91. The minimum Gasteiger partial charge on any atom is -0.272 e. The summed E-state index contributed by atoms with van der Waals surface area (Å²) in [6.45, 7) is 3.90. The molecular weight excluding hydrogens is 456 g/mol. The molecule has 176 valence electrons. The summed E-state index contributed by atoms with van der Waals surface area (Å²) in [4.78, 5) is 34.6. The van der Waals surface area contributed by atoms with Crippen molar-refractivity contribution in [2.24, 2.45) is 0 Å². The van der Waals surface area contributed by atoms with Crippen LogP contribution in [0.1, 0.15) is 44.4 Å². The first-order chi connectivity index (χ1) is 17.0. The minimum atomic E-state index is -0.537. The van der Waals surface area contributed by atoms with Crippen LogP contribution in [0.2, 0.25) is 0 Å². The van der Waals surface area contributed by atoms with Gasteiger partial charge >= 0.3 is 0 Å². The molecule has 4 rings (SSSR count). The van der Waals surface area contributed by atoms with Crippen molar-refractivity contribution < 1.29 is 9.59 Å². The third-order valence-corrected chi connectivity index (χ3v) is 6.29. The zero-order valence-corrected chi connectivity index (χ0v) is 20.4. The molecule has 0 atom stereocenters. The number of hydrogen-bond acceptors (Lipinski definition) is 5. The second-order valence-electron chi connectivity index (χ2n) is 8.12. The van der Waals surface area contributed by atoms with Crippen molar-refractivity contribution in [2.75, 3.05) is 0 Å². The molecule has 0 bridgehead atoms. The van der Waals surface area contributed by atoms with Crippen molar-refractivity contribution in [2.45, 2.75) is 30.7 Å². The Morgan fingerprint density at radius 2 is 1.31 bits per heavy atom. The predicted molar refractivity (Wildman–Crippen MR) is 138 cm³/mol. The summed E-state index contributed by atoms with van der Waals surface area (Å²) in [6, 6.07) is 28.2. The van der Waals surface area contributed by atoms with Gasteiger partial charge in [-0.2, -0.15) is 0 Å². The number of rotatable bonds is 7. The number of aromatic nitrogens is 2. The van der Waals surface area contributed by atoms with Crippen LogP contribution >= 0.6 is 11.8 Å². The summed E-state index contributed by atoms with van der Waals surface area (Å²) < 4.78 is 0. The number of carbonyl (C=O) groups excluding carboxylic acids is 2. The van der Waals surface area contributed by atoms with Crippen molar-refractivity contribution in [3.63, 3.8) is 0 Å². The van der Waals surface area contributed by atoms with Crippen molar-refractivity contribution in [3.8, 4) is 0 Å². The van der Waals surface area contributed by atoms with E-state index < -0.39 is 5.92 Å². The summed E-state index contributed by atoms with van der Waals surface area (Å²) in [5, 5.41) is 0.735. The van der Waals surface area contributed by atoms with E-state index in [2.05, 4.69) is 20.8 Å². The van der Waals surface area contributed by atoms with Crippen LogP contribution in [0.4, 0.5) is 0 Å². The number of nitrogens with zero attached hydrogens (tertiary/aromatic N) is 2. The Hall–Kier alpha value is -3.97. The van der Waals surface area contributed by atoms with E-state index in [4.69, 9.17) is 0 Å². The van der Waals surface area contributed by atoms with Gasteiger partial charge < -0.3 is 0 Å². The van der Waals surface area contributed by atoms with Gasteiger partial charge in [-0.25, -0.2) is 9.97 Å². The van der Waals surface area contributed by atoms with Gasteiger partial charge in [-0.3, -0.25) is 20.4 Å². The summed E-state index contributed by atoms with van der Waals surface area (Å²) in [5.74, 6) is -0.533. The molecule has 0 aliphatic heterocycles. The SMILES string of the molecule is Cc1cc(C)nc(SCc2ccc(C(=O)NNC(=O)C(c3ccccc3)c3ccccc3)cc2)n1. The van der Waals surface area contributed by atoms with Crippen LogP contribution in [0.15, 0.2) is 96.2 Å². The molecule has 4 aromatic rings. The minimum absolute atomic E-state index is 0.308. The van der Waals surface area contributed by atoms with Crippen molar-refractivity contribution in [3.05, 3.63) is 125 Å². The molecule has 3 aromatic carbocycles. The van der Waals surface area contributed by atoms with Gasteiger partial charge in [0.15, 0.2) is 5.16 Å². The quantitative estimate of drug-likeness (QED) is 0.221. The molecule has 2 amide bonds. The van der Waals surface area contributed by atoms with Gasteiger partial charge in [0, 0.05) is 22.7 Å². The van der Waals surface area contributed by atoms with Gasteiger partial charge in [-0.1, -0.05) is 84.6 Å². The average molecular weight is 483 g/mol. The summed E-state index contributed by atoms with van der Waals surface area (Å²) in [5.41, 5.74) is 10.2. The van der Waals surface area contributed by atoms with Crippen LogP contribution in [-0.4, -0.2) is 21.8 Å². The van der Waals surface area contributed by atoms with E-state index in [0.29, 0.717) is 11.3 Å². The van der Waals surface area contributed by atoms with Crippen LogP contribution in [-0.2, 0) is 10.5 Å². The fourth-order valence-electron chi connectivity index (χ4n) is 3.71. The van der Waals surface area contributed by atoms with E-state index >= 15 is 0 Å². The molecule has 0 radical (unpaired) electrons. The van der Waals surface area contributed by atoms with Crippen molar-refractivity contribution in [1.82, 2.24) is 20.8 Å². The molecule has 0 saturated heterocycles. The van der Waals surface area contributed by atoms with Gasteiger partial charge in [-0.05, 0) is 48.7 Å². The third kappa shape index (κ3) is 6.55. The Bertz CT molecular complexity index is 1240. The highest BCUT2D eigenvalue weighted by Gasteiger charge is 2.23. The second kappa shape index (κ2) is 11.4. The number of thioether (sulfide) groups is 1. The highest BCUT2D eigenvalue weighted by Crippen LogP contribution is 2.24. The first kappa shape index (κ1) is 24.2. The molecule has 1 aromatic heterocycles. The second-order valence-corrected chi connectivity index (χ2v) is 9.06. The predicted octanol–water partition coefficient (Wildman–Crippen LogP) is 4.98. The average Bonchev–Trinajstić information content (AvgIpc) is 2.87. The fourth-order valence-corrected chi connectivity index (χ4v) is 4.61. The normalized spacial score (nSPS) is 10.7. The van der Waals surface area contributed by atoms with Gasteiger partial charge in [0.2, 0.25) is 5.91 Å².